The van der Waals surface area contributed by atoms with Crippen LogP contribution in [0.4, 0.5) is 0 Å². The van der Waals surface area contributed by atoms with Gasteiger partial charge in [-0.2, -0.15) is 0 Å². The molecule has 0 spiro atoms. The van der Waals surface area contributed by atoms with Crippen LogP contribution in [0.5, 0.6) is 0 Å². The fourth-order valence-electron chi connectivity index (χ4n) is 1.71. The average molecular weight is 258 g/mol. The van der Waals surface area contributed by atoms with Gasteiger partial charge in [-0.15, -0.1) is 0 Å². The first kappa shape index (κ1) is 13.3. The van der Waals surface area contributed by atoms with Crippen LogP contribution in [0.2, 0.25) is 0 Å². The first-order valence-corrected chi connectivity index (χ1v) is 6.26. The summed E-state index contributed by atoms with van der Waals surface area (Å²) in [5.74, 6) is -0.199. The third-order valence-electron chi connectivity index (χ3n) is 3.11. The number of hydrogen-bond donors (Lipinski definition) is 0. The molecule has 0 aromatic carbocycles. The van der Waals surface area contributed by atoms with Crippen LogP contribution in [0.1, 0.15) is 12.8 Å². The van der Waals surface area contributed by atoms with Crippen LogP contribution in [-0.4, -0.2) is 51.6 Å². The van der Waals surface area contributed by atoms with Crippen molar-refractivity contribution in [1.82, 2.24) is 0 Å². The molecule has 2 aliphatic rings. The zero-order valence-corrected chi connectivity index (χ0v) is 10.3. The fourth-order valence-corrected chi connectivity index (χ4v) is 1.71. The van der Waals surface area contributed by atoms with Gasteiger partial charge in [0, 0.05) is 13.2 Å². The van der Waals surface area contributed by atoms with Crippen molar-refractivity contribution in [2.24, 2.45) is 11.8 Å². The molecule has 6 heteroatoms. The molecule has 2 rings (SSSR count). The van der Waals surface area contributed by atoms with Crippen molar-refractivity contribution >= 4 is 11.9 Å². The maximum Gasteiger partial charge on any atom is 0.312 e. The summed E-state index contributed by atoms with van der Waals surface area (Å²) >= 11 is 0. The highest BCUT2D eigenvalue weighted by atomic mass is 16.6. The van der Waals surface area contributed by atoms with Crippen molar-refractivity contribution in [3.05, 3.63) is 0 Å². The quantitative estimate of drug-likeness (QED) is 0.433. The Hall–Kier alpha value is -1.14. The Labute approximate surface area is 106 Å². The molecule has 2 heterocycles. The van der Waals surface area contributed by atoms with Crippen LogP contribution < -0.4 is 0 Å². The Bertz CT molecular complexity index is 273. The van der Waals surface area contributed by atoms with Crippen molar-refractivity contribution in [1.29, 1.82) is 0 Å². The van der Waals surface area contributed by atoms with Gasteiger partial charge in [0.05, 0.1) is 25.0 Å². The van der Waals surface area contributed by atoms with Gasteiger partial charge in [-0.05, 0) is 12.8 Å². The van der Waals surface area contributed by atoms with Gasteiger partial charge in [-0.1, -0.05) is 0 Å². The van der Waals surface area contributed by atoms with Crippen molar-refractivity contribution < 1.29 is 28.5 Å². The van der Waals surface area contributed by atoms with E-state index in [1.54, 1.807) is 0 Å². The van der Waals surface area contributed by atoms with Crippen molar-refractivity contribution in [3.63, 3.8) is 0 Å². The Balaban J connectivity index is 1.33. The molecule has 0 N–H and O–H groups in total. The molecule has 2 atom stereocenters. The van der Waals surface area contributed by atoms with Gasteiger partial charge in [-0.25, -0.2) is 0 Å². The molecule has 0 aliphatic carbocycles. The minimum Gasteiger partial charge on any atom is -0.464 e. The lowest BCUT2D eigenvalue weighted by Crippen LogP contribution is -2.35. The van der Waals surface area contributed by atoms with E-state index in [9.17, 15) is 9.59 Å². The molecule has 2 unspecified atom stereocenters. The zero-order chi connectivity index (χ0) is 12.8. The van der Waals surface area contributed by atoms with Crippen LogP contribution in [0.25, 0.3) is 0 Å². The Morgan fingerprint density at radius 2 is 1.28 bits per heavy atom. The van der Waals surface area contributed by atoms with Crippen LogP contribution in [0, 0.1) is 11.8 Å². The third-order valence-corrected chi connectivity index (χ3v) is 3.11. The molecule has 0 radical (unpaired) electrons. The number of carbonyl (C=O) groups excluding carboxylic acids is 2. The lowest BCUT2D eigenvalue weighted by Gasteiger charge is -2.24. The van der Waals surface area contributed by atoms with E-state index in [2.05, 4.69) is 9.47 Å². The van der Waals surface area contributed by atoms with Crippen molar-refractivity contribution in [3.8, 4) is 0 Å². The van der Waals surface area contributed by atoms with Crippen molar-refractivity contribution in [2.45, 2.75) is 12.8 Å². The molecule has 0 saturated carbocycles. The van der Waals surface area contributed by atoms with E-state index >= 15 is 0 Å². The minimum atomic E-state index is -0.123. The molecule has 2 fully saturated rings. The van der Waals surface area contributed by atoms with E-state index in [0.29, 0.717) is 52.5 Å². The van der Waals surface area contributed by atoms with Gasteiger partial charge < -0.3 is 18.9 Å². The van der Waals surface area contributed by atoms with Gasteiger partial charge in [0.25, 0.3) is 0 Å². The van der Waals surface area contributed by atoms with Gasteiger partial charge >= 0.3 is 11.9 Å². The monoisotopic (exact) mass is 258 g/mol. The lowest BCUT2D eigenvalue weighted by atomic mass is 10.0. The Morgan fingerprint density at radius 3 is 1.56 bits per heavy atom. The van der Waals surface area contributed by atoms with E-state index < -0.39 is 0 Å². The second-order valence-corrected chi connectivity index (χ2v) is 4.46. The molecule has 2 saturated heterocycles. The summed E-state index contributed by atoms with van der Waals surface area (Å²) in [6.07, 6.45) is 1.43. The Kier molecular flexibility index (Phi) is 4.95. The topological polar surface area (TPSA) is 71.1 Å². The molecular formula is C12H18O6. The number of hydrogen-bond acceptors (Lipinski definition) is 6. The van der Waals surface area contributed by atoms with E-state index in [1.165, 1.54) is 0 Å². The lowest BCUT2D eigenvalue weighted by molar-refractivity contribution is -0.171. The standard InChI is InChI=1S/C12H18O6/c13-11-9(7-17-11)1-3-15-5-6-16-4-2-10-8-18-12(10)14/h9-10H,1-8H2. The molecular weight excluding hydrogens is 240 g/mol. The number of ether oxygens (including phenoxy) is 4. The summed E-state index contributed by atoms with van der Waals surface area (Å²) in [5, 5.41) is 0. The van der Waals surface area contributed by atoms with Crippen LogP contribution >= 0.6 is 0 Å². The van der Waals surface area contributed by atoms with Gasteiger partial charge in [0.2, 0.25) is 0 Å². The number of esters is 2. The zero-order valence-electron chi connectivity index (χ0n) is 10.3. The van der Waals surface area contributed by atoms with E-state index in [1.807, 2.05) is 0 Å². The first-order chi connectivity index (χ1) is 8.77. The number of cyclic esters (lactones) is 2. The highest BCUT2D eigenvalue weighted by molar-refractivity contribution is 5.77. The van der Waals surface area contributed by atoms with E-state index in [0.717, 1.165) is 0 Å². The molecule has 0 aromatic rings. The molecule has 0 aromatic heterocycles. The second kappa shape index (κ2) is 6.70. The smallest absolute Gasteiger partial charge is 0.312 e. The van der Waals surface area contributed by atoms with Crippen LogP contribution in [-0.2, 0) is 28.5 Å². The molecule has 0 amide bonds. The van der Waals surface area contributed by atoms with E-state index in [-0.39, 0.29) is 23.8 Å². The van der Waals surface area contributed by atoms with Gasteiger partial charge in [-0.3, -0.25) is 9.59 Å². The molecule has 6 nitrogen and oxygen atoms in total. The first-order valence-electron chi connectivity index (χ1n) is 6.26. The highest BCUT2D eigenvalue weighted by Crippen LogP contribution is 2.16. The third kappa shape index (κ3) is 3.68. The summed E-state index contributed by atoms with van der Waals surface area (Å²) in [5.41, 5.74) is 0. The summed E-state index contributed by atoms with van der Waals surface area (Å²) in [4.78, 5) is 21.6. The number of rotatable bonds is 9. The minimum absolute atomic E-state index is 0.0237. The number of carbonyl (C=O) groups is 2. The summed E-state index contributed by atoms with van der Waals surface area (Å²) in [7, 11) is 0. The van der Waals surface area contributed by atoms with Crippen LogP contribution in [0.3, 0.4) is 0 Å². The summed E-state index contributed by atoms with van der Waals surface area (Å²) in [6, 6.07) is 0. The SMILES string of the molecule is O=C1OCC1CCOCCOCCC1COC1=O. The molecule has 102 valence electrons. The molecule has 18 heavy (non-hydrogen) atoms. The highest BCUT2D eigenvalue weighted by Gasteiger charge is 2.30. The van der Waals surface area contributed by atoms with Gasteiger partial charge in [0.1, 0.15) is 13.2 Å². The predicted molar refractivity (Wildman–Crippen MR) is 59.8 cm³/mol. The normalized spacial score (nSPS) is 26.0. The predicted octanol–water partition coefficient (Wildman–Crippen LogP) is 0.146. The second-order valence-electron chi connectivity index (χ2n) is 4.46. The maximum absolute atomic E-state index is 10.8. The fraction of sp³-hybridized carbons (Fsp3) is 0.833. The van der Waals surface area contributed by atoms with Gasteiger partial charge in [0.15, 0.2) is 0 Å². The largest absolute Gasteiger partial charge is 0.464 e. The van der Waals surface area contributed by atoms with Crippen LogP contribution in [0.15, 0.2) is 0 Å². The Morgan fingerprint density at radius 1 is 0.833 bits per heavy atom. The van der Waals surface area contributed by atoms with E-state index in [4.69, 9.17) is 9.47 Å². The molecule has 2 aliphatic heterocycles. The summed E-state index contributed by atoms with van der Waals surface area (Å²) in [6.45, 7) is 3.18. The van der Waals surface area contributed by atoms with Crippen molar-refractivity contribution in [2.75, 3.05) is 39.6 Å². The summed E-state index contributed by atoms with van der Waals surface area (Å²) < 4.78 is 20.0. The average Bonchev–Trinajstić information content (AvgIpc) is 2.37. The maximum atomic E-state index is 10.8. The molecule has 0 bridgehead atoms.